The van der Waals surface area contributed by atoms with Gasteiger partial charge in [0.05, 0.1) is 31.7 Å². The third-order valence-electron chi connectivity index (χ3n) is 4.19. The Morgan fingerprint density at radius 2 is 1.92 bits per heavy atom. The van der Waals surface area contributed by atoms with Crippen LogP contribution in [0.1, 0.15) is 0 Å². The van der Waals surface area contributed by atoms with Crippen molar-refractivity contribution in [3.63, 3.8) is 0 Å². The van der Waals surface area contributed by atoms with Crippen molar-refractivity contribution in [2.75, 3.05) is 37.1 Å². The molecule has 0 aliphatic carbocycles. The van der Waals surface area contributed by atoms with E-state index in [-0.39, 0.29) is 17.9 Å². The number of imidazole rings is 1. The minimum absolute atomic E-state index is 0.0360. The van der Waals surface area contributed by atoms with Gasteiger partial charge in [-0.25, -0.2) is 4.79 Å². The summed E-state index contributed by atoms with van der Waals surface area (Å²) in [4.78, 5) is 31.3. The van der Waals surface area contributed by atoms with Crippen LogP contribution in [-0.2, 0) is 25.4 Å². The fourth-order valence-corrected chi connectivity index (χ4v) is 2.97. The van der Waals surface area contributed by atoms with Gasteiger partial charge in [0.1, 0.15) is 0 Å². The number of hydrogen-bond acceptors (Lipinski definition) is 6. The van der Waals surface area contributed by atoms with Gasteiger partial charge in [-0.05, 0) is 0 Å². The lowest BCUT2D eigenvalue weighted by Gasteiger charge is -2.28. The summed E-state index contributed by atoms with van der Waals surface area (Å²) < 4.78 is 9.38. The smallest absolute Gasteiger partial charge is 0.332 e. The second-order valence-corrected chi connectivity index (χ2v) is 6.12. The molecule has 1 saturated heterocycles. The zero-order valence-electron chi connectivity index (χ0n) is 13.6. The highest BCUT2D eigenvalue weighted by Crippen LogP contribution is 2.21. The molecule has 0 radical (unpaired) electrons. The van der Waals surface area contributed by atoms with Gasteiger partial charge in [0.15, 0.2) is 11.2 Å². The minimum atomic E-state index is -0.828. The summed E-state index contributed by atoms with van der Waals surface area (Å²) in [5.41, 5.74) is -0.304. The summed E-state index contributed by atoms with van der Waals surface area (Å²) >= 11 is 5.73. The topological polar surface area (TPSA) is 94.5 Å². The van der Waals surface area contributed by atoms with Crippen molar-refractivity contribution >= 4 is 28.7 Å². The van der Waals surface area contributed by atoms with Crippen LogP contribution >= 0.6 is 11.6 Å². The monoisotopic (exact) mass is 357 g/mol. The van der Waals surface area contributed by atoms with Gasteiger partial charge >= 0.3 is 5.69 Å². The molecule has 0 bridgehead atoms. The molecule has 1 aliphatic rings. The molecule has 2 aromatic rings. The van der Waals surface area contributed by atoms with Crippen LogP contribution < -0.4 is 16.1 Å². The van der Waals surface area contributed by atoms with Crippen LogP contribution in [0.3, 0.4) is 0 Å². The summed E-state index contributed by atoms with van der Waals surface area (Å²) in [6.45, 7) is 2.47. The lowest BCUT2D eigenvalue weighted by atomic mass is 10.3. The number of aliphatic hydroxyl groups excluding tert-OH is 1. The van der Waals surface area contributed by atoms with Crippen molar-refractivity contribution in [2.45, 2.75) is 12.6 Å². The molecule has 9 nitrogen and oxygen atoms in total. The van der Waals surface area contributed by atoms with Crippen molar-refractivity contribution in [2.24, 2.45) is 14.1 Å². The van der Waals surface area contributed by atoms with Gasteiger partial charge in [0.25, 0.3) is 5.56 Å². The number of fused-ring (bicyclic) bond motifs is 1. The Bertz CT molecular complexity index is 865. The van der Waals surface area contributed by atoms with Gasteiger partial charge in [0.2, 0.25) is 5.95 Å². The van der Waals surface area contributed by atoms with E-state index in [1.54, 1.807) is 11.6 Å². The second-order valence-electron chi connectivity index (χ2n) is 5.81. The lowest BCUT2D eigenvalue weighted by molar-refractivity contribution is 0.121. The molecule has 24 heavy (non-hydrogen) atoms. The molecular formula is C14H20ClN5O4. The van der Waals surface area contributed by atoms with Crippen LogP contribution in [-0.4, -0.2) is 62.1 Å². The number of aliphatic hydroxyl groups is 1. The van der Waals surface area contributed by atoms with Gasteiger partial charge < -0.3 is 19.3 Å². The molecule has 1 fully saturated rings. The number of anilines is 1. The van der Waals surface area contributed by atoms with Gasteiger partial charge in [-0.3, -0.25) is 13.9 Å². The Balaban J connectivity index is 2.28. The molecule has 1 N–H and O–H groups in total. The Morgan fingerprint density at radius 1 is 1.25 bits per heavy atom. The molecule has 1 aliphatic heterocycles. The Kier molecular flexibility index (Phi) is 4.66. The van der Waals surface area contributed by atoms with Gasteiger partial charge in [-0.15, -0.1) is 11.6 Å². The number of morpholine rings is 1. The van der Waals surface area contributed by atoms with E-state index in [1.807, 2.05) is 4.90 Å². The minimum Gasteiger partial charge on any atom is -0.390 e. The van der Waals surface area contributed by atoms with Crippen LogP contribution in [0, 0.1) is 0 Å². The second kappa shape index (κ2) is 6.58. The maximum absolute atomic E-state index is 12.6. The van der Waals surface area contributed by atoms with Crippen molar-refractivity contribution in [3.05, 3.63) is 20.8 Å². The molecule has 1 atom stereocenters. The number of nitrogens with zero attached hydrogens (tertiary/aromatic N) is 5. The normalized spacial score (nSPS) is 16.8. The van der Waals surface area contributed by atoms with E-state index in [9.17, 15) is 14.7 Å². The molecular weight excluding hydrogens is 338 g/mol. The number of halogens is 1. The van der Waals surface area contributed by atoms with E-state index in [1.165, 1.54) is 11.6 Å². The van der Waals surface area contributed by atoms with E-state index in [0.29, 0.717) is 37.9 Å². The molecule has 0 spiro atoms. The molecule has 0 saturated carbocycles. The van der Waals surface area contributed by atoms with Crippen molar-refractivity contribution in [3.8, 4) is 0 Å². The van der Waals surface area contributed by atoms with Crippen LogP contribution in [0.2, 0.25) is 0 Å². The summed E-state index contributed by atoms with van der Waals surface area (Å²) in [6, 6.07) is 0. The third kappa shape index (κ3) is 2.72. The molecule has 10 heteroatoms. The first-order valence-electron chi connectivity index (χ1n) is 7.68. The van der Waals surface area contributed by atoms with E-state index < -0.39 is 17.4 Å². The van der Waals surface area contributed by atoms with E-state index in [2.05, 4.69) is 4.98 Å². The number of rotatable bonds is 4. The van der Waals surface area contributed by atoms with Crippen molar-refractivity contribution in [1.29, 1.82) is 0 Å². The van der Waals surface area contributed by atoms with Gasteiger partial charge in [0, 0.05) is 27.2 Å². The molecule has 3 rings (SSSR count). The zero-order chi connectivity index (χ0) is 17.4. The summed E-state index contributed by atoms with van der Waals surface area (Å²) in [7, 11) is 3.00. The highest BCUT2D eigenvalue weighted by molar-refractivity contribution is 6.18. The van der Waals surface area contributed by atoms with E-state index in [0.717, 1.165) is 4.57 Å². The first-order valence-corrected chi connectivity index (χ1v) is 8.22. The number of alkyl halides is 1. The lowest BCUT2D eigenvalue weighted by Crippen LogP contribution is -2.39. The first-order chi connectivity index (χ1) is 11.5. The Hall–Kier alpha value is -1.84. The quantitative estimate of drug-likeness (QED) is 0.696. The molecule has 2 aromatic heterocycles. The maximum atomic E-state index is 12.6. The molecule has 0 aromatic carbocycles. The molecule has 0 amide bonds. The van der Waals surface area contributed by atoms with Crippen molar-refractivity contribution < 1.29 is 9.84 Å². The maximum Gasteiger partial charge on any atom is 0.332 e. The highest BCUT2D eigenvalue weighted by Gasteiger charge is 2.25. The number of ether oxygens (including phenoxy) is 1. The van der Waals surface area contributed by atoms with Crippen LogP contribution in [0.15, 0.2) is 9.59 Å². The highest BCUT2D eigenvalue weighted by atomic mass is 35.5. The number of hydrogen-bond donors (Lipinski definition) is 1. The predicted molar refractivity (Wildman–Crippen MR) is 90.0 cm³/mol. The molecule has 3 heterocycles. The first kappa shape index (κ1) is 17.0. The average molecular weight is 358 g/mol. The zero-order valence-corrected chi connectivity index (χ0v) is 14.4. The van der Waals surface area contributed by atoms with Gasteiger partial charge in [-0.1, -0.05) is 0 Å². The van der Waals surface area contributed by atoms with E-state index >= 15 is 0 Å². The van der Waals surface area contributed by atoms with Gasteiger partial charge in [-0.2, -0.15) is 4.98 Å². The fourth-order valence-electron chi connectivity index (χ4n) is 2.87. The SMILES string of the molecule is Cn1c(=O)c2c(nc(N3CCOCC3)n2CC(O)CCl)n(C)c1=O. The Morgan fingerprint density at radius 3 is 2.54 bits per heavy atom. The third-order valence-corrected chi connectivity index (χ3v) is 4.55. The van der Waals surface area contributed by atoms with Crippen molar-refractivity contribution in [1.82, 2.24) is 18.7 Å². The average Bonchev–Trinajstić information content (AvgIpc) is 2.98. The summed E-state index contributed by atoms with van der Waals surface area (Å²) in [5.74, 6) is 0.574. The number of aromatic nitrogens is 4. The number of aryl methyl sites for hydroxylation is 1. The fraction of sp³-hybridized carbons (Fsp3) is 0.643. The Labute approximate surface area is 142 Å². The molecule has 1 unspecified atom stereocenters. The predicted octanol–water partition coefficient (Wildman–Crippen LogP) is -1.13. The van der Waals surface area contributed by atoms with E-state index in [4.69, 9.17) is 16.3 Å². The van der Waals surface area contributed by atoms with Crippen LogP contribution in [0.25, 0.3) is 11.2 Å². The summed E-state index contributed by atoms with van der Waals surface area (Å²) in [5, 5.41) is 9.99. The molecule has 132 valence electrons. The largest absolute Gasteiger partial charge is 0.390 e. The summed E-state index contributed by atoms with van der Waals surface area (Å²) in [6.07, 6.45) is -0.828. The standard InChI is InChI=1S/C14H20ClN5O4/c1-17-11-10(12(22)18(2)14(17)23)20(8-9(21)7-15)13(16-11)19-3-5-24-6-4-19/h9,21H,3-8H2,1-2H3. The van der Waals surface area contributed by atoms with Crippen LogP contribution in [0.5, 0.6) is 0 Å². The van der Waals surface area contributed by atoms with Crippen LogP contribution in [0.4, 0.5) is 5.95 Å².